The lowest BCUT2D eigenvalue weighted by Gasteiger charge is -2.12. The van der Waals surface area contributed by atoms with Gasteiger partial charge in [0.15, 0.2) is 11.5 Å². The molecule has 32 heavy (non-hydrogen) atoms. The summed E-state index contributed by atoms with van der Waals surface area (Å²) in [6, 6.07) is 11.3. The van der Waals surface area contributed by atoms with Crippen LogP contribution in [0.3, 0.4) is 0 Å². The van der Waals surface area contributed by atoms with Crippen LogP contribution < -0.4 is 18.9 Å². The summed E-state index contributed by atoms with van der Waals surface area (Å²) in [6.45, 7) is 2.97. The van der Waals surface area contributed by atoms with Crippen molar-refractivity contribution in [1.82, 2.24) is 10.1 Å². The van der Waals surface area contributed by atoms with E-state index in [4.69, 9.17) is 23.5 Å². The standard InChI is InChI=1S/C25H32N2O5/c1-5-6-7-8-9-10-15-31-20-13-11-18(12-14-20)24-26-25(32-27-24)19-16-21(28-2)23(30-4)22(17-19)29-3/h11-14,16-17H,5-10,15H2,1-4H3. The van der Waals surface area contributed by atoms with Crippen LogP contribution >= 0.6 is 0 Å². The Morgan fingerprint density at radius 2 is 1.44 bits per heavy atom. The van der Waals surface area contributed by atoms with Gasteiger partial charge in [-0.2, -0.15) is 4.98 Å². The van der Waals surface area contributed by atoms with Crippen molar-refractivity contribution in [2.45, 2.75) is 45.4 Å². The lowest BCUT2D eigenvalue weighted by atomic mass is 10.1. The zero-order valence-electron chi connectivity index (χ0n) is 19.3. The summed E-state index contributed by atoms with van der Waals surface area (Å²) in [5.41, 5.74) is 1.52. The Kier molecular flexibility index (Phi) is 8.78. The molecule has 0 unspecified atom stereocenters. The van der Waals surface area contributed by atoms with Crippen LogP contribution in [-0.2, 0) is 0 Å². The van der Waals surface area contributed by atoms with Crippen molar-refractivity contribution in [2.24, 2.45) is 0 Å². The molecule has 0 atom stereocenters. The summed E-state index contributed by atoms with van der Waals surface area (Å²) < 4.78 is 27.5. The maximum atomic E-state index is 5.85. The number of hydrogen-bond acceptors (Lipinski definition) is 7. The molecule has 3 rings (SSSR count). The Bertz CT molecular complexity index is 944. The zero-order chi connectivity index (χ0) is 22.8. The number of methoxy groups -OCH3 is 3. The SMILES string of the molecule is CCCCCCCCOc1ccc(-c2noc(-c3cc(OC)c(OC)c(OC)c3)n2)cc1. The molecule has 2 aromatic carbocycles. The molecule has 0 bridgehead atoms. The summed E-state index contributed by atoms with van der Waals surface area (Å²) in [7, 11) is 4.69. The summed E-state index contributed by atoms with van der Waals surface area (Å²) in [5, 5.41) is 4.12. The Labute approximate surface area is 189 Å². The first-order valence-corrected chi connectivity index (χ1v) is 11.1. The molecular formula is C25H32N2O5. The van der Waals surface area contributed by atoms with Gasteiger partial charge in [-0.05, 0) is 42.8 Å². The highest BCUT2D eigenvalue weighted by Crippen LogP contribution is 2.41. The second-order valence-corrected chi connectivity index (χ2v) is 7.48. The summed E-state index contributed by atoms with van der Waals surface area (Å²) in [4.78, 5) is 4.53. The average Bonchev–Trinajstić information content (AvgIpc) is 3.33. The van der Waals surface area contributed by atoms with Gasteiger partial charge in [-0.15, -0.1) is 0 Å². The number of rotatable bonds is 13. The van der Waals surface area contributed by atoms with Crippen LogP contribution in [-0.4, -0.2) is 38.1 Å². The van der Waals surface area contributed by atoms with Crippen molar-refractivity contribution >= 4 is 0 Å². The third kappa shape index (κ3) is 5.93. The van der Waals surface area contributed by atoms with Crippen LogP contribution in [0.4, 0.5) is 0 Å². The van der Waals surface area contributed by atoms with Crippen LogP contribution in [0.25, 0.3) is 22.8 Å². The zero-order valence-corrected chi connectivity index (χ0v) is 19.3. The molecule has 7 heteroatoms. The number of unbranched alkanes of at least 4 members (excludes halogenated alkanes) is 5. The highest BCUT2D eigenvalue weighted by atomic mass is 16.5. The maximum Gasteiger partial charge on any atom is 0.258 e. The van der Waals surface area contributed by atoms with E-state index in [-0.39, 0.29) is 0 Å². The lowest BCUT2D eigenvalue weighted by Crippen LogP contribution is -1.97. The smallest absolute Gasteiger partial charge is 0.258 e. The highest BCUT2D eigenvalue weighted by molar-refractivity contribution is 5.67. The van der Waals surface area contributed by atoms with Crippen LogP contribution in [0.1, 0.15) is 45.4 Å². The van der Waals surface area contributed by atoms with E-state index in [0.29, 0.717) is 34.5 Å². The first kappa shape index (κ1) is 23.4. The molecule has 7 nitrogen and oxygen atoms in total. The fraction of sp³-hybridized carbons (Fsp3) is 0.440. The average molecular weight is 441 g/mol. The molecule has 172 valence electrons. The Balaban J connectivity index is 1.63. The molecule has 0 amide bonds. The minimum atomic E-state index is 0.364. The second-order valence-electron chi connectivity index (χ2n) is 7.48. The van der Waals surface area contributed by atoms with Gasteiger partial charge in [0.1, 0.15) is 5.75 Å². The predicted octanol–water partition coefficient (Wildman–Crippen LogP) is 6.17. The first-order valence-electron chi connectivity index (χ1n) is 11.1. The van der Waals surface area contributed by atoms with Gasteiger partial charge in [0.2, 0.25) is 11.6 Å². The second kappa shape index (κ2) is 12.0. The van der Waals surface area contributed by atoms with Crippen molar-refractivity contribution in [1.29, 1.82) is 0 Å². The molecule has 0 spiro atoms. The van der Waals surface area contributed by atoms with Crippen molar-refractivity contribution in [3.8, 4) is 45.8 Å². The Hall–Kier alpha value is -3.22. The van der Waals surface area contributed by atoms with Crippen molar-refractivity contribution < 1.29 is 23.5 Å². The van der Waals surface area contributed by atoms with Gasteiger partial charge in [-0.1, -0.05) is 44.2 Å². The van der Waals surface area contributed by atoms with Crippen molar-refractivity contribution in [3.63, 3.8) is 0 Å². The largest absolute Gasteiger partial charge is 0.494 e. The molecule has 3 aromatic rings. The first-order chi connectivity index (χ1) is 15.7. The van der Waals surface area contributed by atoms with Crippen LogP contribution in [0, 0.1) is 0 Å². The fourth-order valence-electron chi connectivity index (χ4n) is 3.44. The van der Waals surface area contributed by atoms with E-state index in [1.807, 2.05) is 24.3 Å². The predicted molar refractivity (Wildman–Crippen MR) is 124 cm³/mol. The molecule has 0 aliphatic rings. The van der Waals surface area contributed by atoms with Crippen LogP contribution in [0.5, 0.6) is 23.0 Å². The quantitative estimate of drug-likeness (QED) is 0.294. The number of nitrogens with zero attached hydrogens (tertiary/aromatic N) is 2. The van der Waals surface area contributed by atoms with Crippen molar-refractivity contribution in [2.75, 3.05) is 27.9 Å². The molecule has 0 saturated carbocycles. The van der Waals surface area contributed by atoms with Gasteiger partial charge in [0, 0.05) is 11.1 Å². The Morgan fingerprint density at radius 3 is 2.06 bits per heavy atom. The van der Waals surface area contributed by atoms with Gasteiger partial charge in [-0.25, -0.2) is 0 Å². The summed E-state index contributed by atoms with van der Waals surface area (Å²) >= 11 is 0. The minimum absolute atomic E-state index is 0.364. The fourth-order valence-corrected chi connectivity index (χ4v) is 3.44. The number of aromatic nitrogens is 2. The third-order valence-corrected chi connectivity index (χ3v) is 5.22. The van der Waals surface area contributed by atoms with Gasteiger partial charge in [-0.3, -0.25) is 0 Å². The molecule has 0 fully saturated rings. The molecule has 1 heterocycles. The van der Waals surface area contributed by atoms with Gasteiger partial charge in [0.25, 0.3) is 5.89 Å². The topological polar surface area (TPSA) is 75.8 Å². The molecule has 0 N–H and O–H groups in total. The molecule has 0 aliphatic heterocycles. The third-order valence-electron chi connectivity index (χ3n) is 5.22. The Morgan fingerprint density at radius 1 is 0.781 bits per heavy atom. The molecule has 1 aromatic heterocycles. The molecule has 0 radical (unpaired) electrons. The minimum Gasteiger partial charge on any atom is -0.494 e. The van der Waals surface area contributed by atoms with Crippen LogP contribution in [0.2, 0.25) is 0 Å². The van der Waals surface area contributed by atoms with Crippen LogP contribution in [0.15, 0.2) is 40.9 Å². The van der Waals surface area contributed by atoms with E-state index >= 15 is 0 Å². The lowest BCUT2D eigenvalue weighted by molar-refractivity contribution is 0.304. The number of benzene rings is 2. The van der Waals surface area contributed by atoms with Gasteiger partial charge < -0.3 is 23.5 Å². The molecular weight excluding hydrogens is 408 g/mol. The normalized spacial score (nSPS) is 10.8. The number of hydrogen-bond donors (Lipinski definition) is 0. The van der Waals surface area contributed by atoms with Gasteiger partial charge in [0.05, 0.1) is 27.9 Å². The summed E-state index contributed by atoms with van der Waals surface area (Å²) in [6.07, 6.45) is 7.47. The number of ether oxygens (including phenoxy) is 4. The van der Waals surface area contributed by atoms with E-state index in [1.165, 1.54) is 32.1 Å². The van der Waals surface area contributed by atoms with E-state index in [1.54, 1.807) is 33.5 Å². The van der Waals surface area contributed by atoms with Crippen molar-refractivity contribution in [3.05, 3.63) is 36.4 Å². The highest BCUT2D eigenvalue weighted by Gasteiger charge is 2.18. The van der Waals surface area contributed by atoms with E-state index in [2.05, 4.69) is 17.1 Å². The molecule has 0 saturated heterocycles. The monoisotopic (exact) mass is 440 g/mol. The summed E-state index contributed by atoms with van der Waals surface area (Å²) in [5.74, 6) is 3.26. The van der Waals surface area contributed by atoms with E-state index < -0.39 is 0 Å². The van der Waals surface area contributed by atoms with E-state index in [9.17, 15) is 0 Å². The maximum absolute atomic E-state index is 5.85. The van der Waals surface area contributed by atoms with Gasteiger partial charge >= 0.3 is 0 Å². The van der Waals surface area contributed by atoms with E-state index in [0.717, 1.165) is 24.3 Å². The molecule has 0 aliphatic carbocycles.